The van der Waals surface area contributed by atoms with Crippen LogP contribution >= 0.6 is 23.2 Å². The minimum Gasteiger partial charge on any atom is -0.384 e. The zero-order chi connectivity index (χ0) is 22.1. The number of anilines is 1. The van der Waals surface area contributed by atoms with Crippen LogP contribution in [0.5, 0.6) is 0 Å². The van der Waals surface area contributed by atoms with Gasteiger partial charge in [0.05, 0.1) is 11.0 Å². The summed E-state index contributed by atoms with van der Waals surface area (Å²) in [5.41, 5.74) is 10.0. The lowest BCUT2D eigenvalue weighted by atomic mass is 9.67. The molecule has 5 rings (SSSR count). The largest absolute Gasteiger partial charge is 0.384 e. The number of allylic oxidation sites excluding steroid dienone is 2. The van der Waals surface area contributed by atoms with E-state index in [9.17, 15) is 0 Å². The van der Waals surface area contributed by atoms with E-state index in [1.54, 1.807) is 6.20 Å². The van der Waals surface area contributed by atoms with Crippen molar-refractivity contribution in [3.05, 3.63) is 101 Å². The molecule has 6 heteroatoms. The molecule has 4 nitrogen and oxygen atoms in total. The normalized spacial score (nSPS) is 20.2. The van der Waals surface area contributed by atoms with Crippen LogP contribution < -0.4 is 11.1 Å². The summed E-state index contributed by atoms with van der Waals surface area (Å²) in [5, 5.41) is 7.08. The standard InChI is InChI=1S/C26H22Cl2N4/c27-18-4-6-20-22(8-11-30-24(20)13-18)26(16-29)10-2-1-3-17(26)15-32-23-9-12-31-25-14-19(28)5-7-21(23)25/h1-14,17H,15-16,29H2,(H,31,32). The van der Waals surface area contributed by atoms with Gasteiger partial charge in [0, 0.05) is 63.3 Å². The number of pyridine rings is 2. The SMILES string of the molecule is NCC1(c2ccnc3cc(Cl)ccc23)C=CC=CC1CNc1ccnc2cc(Cl)ccc12. The van der Waals surface area contributed by atoms with E-state index in [1.807, 2.05) is 48.7 Å². The second-order valence-corrected chi connectivity index (χ2v) is 8.89. The molecule has 0 fully saturated rings. The van der Waals surface area contributed by atoms with Gasteiger partial charge in [-0.2, -0.15) is 0 Å². The van der Waals surface area contributed by atoms with Crippen LogP contribution in [0.1, 0.15) is 5.56 Å². The molecule has 2 aromatic heterocycles. The smallest absolute Gasteiger partial charge is 0.0737 e. The van der Waals surface area contributed by atoms with Crippen LogP contribution in [0.15, 0.2) is 85.2 Å². The van der Waals surface area contributed by atoms with Gasteiger partial charge in [0.1, 0.15) is 0 Å². The van der Waals surface area contributed by atoms with E-state index in [-0.39, 0.29) is 11.3 Å². The number of nitrogens with one attached hydrogen (secondary N) is 1. The number of rotatable bonds is 5. The predicted molar refractivity (Wildman–Crippen MR) is 134 cm³/mol. The molecule has 0 saturated carbocycles. The summed E-state index contributed by atoms with van der Waals surface area (Å²) in [6.07, 6.45) is 12.2. The number of fused-ring (bicyclic) bond motifs is 2. The van der Waals surface area contributed by atoms with Gasteiger partial charge in [0.15, 0.2) is 0 Å². The summed E-state index contributed by atoms with van der Waals surface area (Å²) in [6.45, 7) is 1.17. The number of hydrogen-bond acceptors (Lipinski definition) is 4. The molecule has 1 aliphatic carbocycles. The summed E-state index contributed by atoms with van der Waals surface area (Å²) in [7, 11) is 0. The molecule has 0 spiro atoms. The third-order valence-corrected chi connectivity index (χ3v) is 6.74. The number of nitrogens with zero attached hydrogens (tertiary/aromatic N) is 2. The fraction of sp³-hybridized carbons (Fsp3) is 0.154. The van der Waals surface area contributed by atoms with Gasteiger partial charge >= 0.3 is 0 Å². The molecule has 1 aliphatic rings. The summed E-state index contributed by atoms with van der Waals surface area (Å²) in [4.78, 5) is 8.97. The van der Waals surface area contributed by atoms with Crippen LogP contribution in [0.25, 0.3) is 21.8 Å². The zero-order valence-electron chi connectivity index (χ0n) is 17.3. The minimum absolute atomic E-state index is 0.134. The van der Waals surface area contributed by atoms with Crippen LogP contribution in [0.4, 0.5) is 5.69 Å². The quantitative estimate of drug-likeness (QED) is 0.375. The fourth-order valence-corrected chi connectivity index (χ4v) is 4.95. The van der Waals surface area contributed by atoms with Gasteiger partial charge < -0.3 is 11.1 Å². The van der Waals surface area contributed by atoms with Crippen molar-refractivity contribution < 1.29 is 0 Å². The van der Waals surface area contributed by atoms with Crippen molar-refractivity contribution in [3.8, 4) is 0 Å². The second kappa shape index (κ2) is 8.55. The number of hydrogen-bond donors (Lipinski definition) is 2. The first-order chi connectivity index (χ1) is 15.6. The first-order valence-electron chi connectivity index (χ1n) is 10.5. The molecule has 0 bridgehead atoms. The summed E-state index contributed by atoms with van der Waals surface area (Å²) < 4.78 is 0. The van der Waals surface area contributed by atoms with Gasteiger partial charge in [-0.05, 0) is 48.0 Å². The van der Waals surface area contributed by atoms with E-state index < -0.39 is 0 Å². The van der Waals surface area contributed by atoms with E-state index in [1.165, 1.54) is 0 Å². The number of benzene rings is 2. The van der Waals surface area contributed by atoms with Crippen molar-refractivity contribution in [1.29, 1.82) is 0 Å². The van der Waals surface area contributed by atoms with Crippen molar-refractivity contribution >= 4 is 50.7 Å². The van der Waals surface area contributed by atoms with Crippen molar-refractivity contribution in [3.63, 3.8) is 0 Å². The fourth-order valence-electron chi connectivity index (χ4n) is 4.61. The maximum absolute atomic E-state index is 6.47. The Morgan fingerprint density at radius 3 is 2.31 bits per heavy atom. The van der Waals surface area contributed by atoms with Crippen molar-refractivity contribution in [2.24, 2.45) is 11.7 Å². The van der Waals surface area contributed by atoms with Crippen molar-refractivity contribution in [1.82, 2.24) is 9.97 Å². The average molecular weight is 461 g/mol. The van der Waals surface area contributed by atoms with Gasteiger partial charge in [-0.3, -0.25) is 9.97 Å². The lowest BCUT2D eigenvalue weighted by Crippen LogP contribution is -2.44. The molecule has 2 heterocycles. The van der Waals surface area contributed by atoms with Crippen LogP contribution in [0.3, 0.4) is 0 Å². The molecule has 2 unspecified atom stereocenters. The van der Waals surface area contributed by atoms with Crippen LogP contribution in [0.2, 0.25) is 10.0 Å². The molecule has 4 aromatic rings. The predicted octanol–water partition coefficient (Wildman–Crippen LogP) is 6.14. The third kappa shape index (κ3) is 3.65. The van der Waals surface area contributed by atoms with Crippen LogP contribution in [-0.4, -0.2) is 23.1 Å². The van der Waals surface area contributed by atoms with Crippen LogP contribution in [-0.2, 0) is 5.41 Å². The molecule has 32 heavy (non-hydrogen) atoms. The molecule has 0 amide bonds. The van der Waals surface area contributed by atoms with Crippen molar-refractivity contribution in [2.75, 3.05) is 18.4 Å². The highest BCUT2D eigenvalue weighted by atomic mass is 35.5. The Hall–Kier alpha value is -2.92. The molecular formula is C26H22Cl2N4. The molecule has 160 valence electrons. The lowest BCUT2D eigenvalue weighted by molar-refractivity contribution is 0.417. The van der Waals surface area contributed by atoms with E-state index in [0.29, 0.717) is 23.1 Å². The van der Waals surface area contributed by atoms with Crippen LogP contribution in [0, 0.1) is 5.92 Å². The highest BCUT2D eigenvalue weighted by molar-refractivity contribution is 6.31. The van der Waals surface area contributed by atoms with Gasteiger partial charge in [-0.25, -0.2) is 0 Å². The molecule has 3 N–H and O–H groups in total. The van der Waals surface area contributed by atoms with Crippen molar-refractivity contribution in [2.45, 2.75) is 5.41 Å². The van der Waals surface area contributed by atoms with E-state index >= 15 is 0 Å². The lowest BCUT2D eigenvalue weighted by Gasteiger charge is -2.39. The van der Waals surface area contributed by atoms with E-state index in [4.69, 9.17) is 28.9 Å². The summed E-state index contributed by atoms with van der Waals surface area (Å²) in [6, 6.07) is 15.7. The Labute approximate surface area is 196 Å². The molecule has 0 radical (unpaired) electrons. The Bertz CT molecular complexity index is 1360. The molecule has 0 saturated heterocycles. The van der Waals surface area contributed by atoms with E-state index in [2.05, 4.69) is 45.7 Å². The summed E-state index contributed by atoms with van der Waals surface area (Å²) >= 11 is 12.4. The molecule has 0 aliphatic heterocycles. The molecule has 2 atom stereocenters. The highest BCUT2D eigenvalue weighted by Gasteiger charge is 2.38. The maximum Gasteiger partial charge on any atom is 0.0737 e. The molecular weight excluding hydrogens is 439 g/mol. The second-order valence-electron chi connectivity index (χ2n) is 8.02. The Morgan fingerprint density at radius 2 is 1.56 bits per heavy atom. The van der Waals surface area contributed by atoms with Gasteiger partial charge in [0.25, 0.3) is 0 Å². The Kier molecular flexibility index (Phi) is 5.60. The average Bonchev–Trinajstić information content (AvgIpc) is 2.82. The first kappa shape index (κ1) is 21.0. The Morgan fingerprint density at radius 1 is 0.875 bits per heavy atom. The third-order valence-electron chi connectivity index (χ3n) is 6.27. The highest BCUT2D eigenvalue weighted by Crippen LogP contribution is 2.40. The van der Waals surface area contributed by atoms with Gasteiger partial charge in [0.2, 0.25) is 0 Å². The molecule has 2 aromatic carbocycles. The number of nitrogens with two attached hydrogens (primary N) is 1. The number of halogens is 2. The van der Waals surface area contributed by atoms with Gasteiger partial charge in [-0.15, -0.1) is 0 Å². The zero-order valence-corrected chi connectivity index (χ0v) is 18.8. The monoisotopic (exact) mass is 460 g/mol. The topological polar surface area (TPSA) is 63.8 Å². The first-order valence-corrected chi connectivity index (χ1v) is 11.3. The maximum atomic E-state index is 6.47. The Balaban J connectivity index is 1.53. The van der Waals surface area contributed by atoms with E-state index in [0.717, 1.165) is 33.1 Å². The number of aromatic nitrogens is 2. The van der Waals surface area contributed by atoms with Gasteiger partial charge in [-0.1, -0.05) is 53.6 Å². The minimum atomic E-state index is -0.372. The summed E-state index contributed by atoms with van der Waals surface area (Å²) in [5.74, 6) is 0.134.